The largest absolute Gasteiger partial charge is 0.396 e. The number of hydrogen-bond acceptors (Lipinski definition) is 2. The zero-order valence-electron chi connectivity index (χ0n) is 9.49. The zero-order chi connectivity index (χ0) is 10.5. The Labute approximate surface area is 92.2 Å². The first-order valence-electron chi connectivity index (χ1n) is 6.63. The van der Waals surface area contributed by atoms with Crippen LogP contribution in [0.2, 0.25) is 0 Å². The molecule has 3 N–H and O–H groups in total. The standard InChI is InChI=1S/C13H23NO/c14-12-10-3-4-11(6-10)13(12)5-1-2-9(7-13)8-15/h9-12,15H,1-8,14H2/t9-,10+,11-,12+,13+/m1/s1. The Bertz CT molecular complexity index is 251. The van der Waals surface area contributed by atoms with Crippen molar-refractivity contribution in [1.29, 1.82) is 0 Å². The summed E-state index contributed by atoms with van der Waals surface area (Å²) in [6.45, 7) is 0.381. The second kappa shape index (κ2) is 3.46. The summed E-state index contributed by atoms with van der Waals surface area (Å²) in [4.78, 5) is 0. The molecule has 0 radical (unpaired) electrons. The molecule has 0 aromatic carbocycles. The summed E-state index contributed by atoms with van der Waals surface area (Å²) >= 11 is 0. The molecular weight excluding hydrogens is 186 g/mol. The molecule has 0 aromatic rings. The van der Waals surface area contributed by atoms with Crippen molar-refractivity contribution in [2.45, 2.75) is 51.0 Å². The lowest BCUT2D eigenvalue weighted by Crippen LogP contribution is -2.49. The Morgan fingerprint density at radius 3 is 2.80 bits per heavy atom. The number of rotatable bonds is 1. The first kappa shape index (κ1) is 10.1. The van der Waals surface area contributed by atoms with Crippen molar-refractivity contribution < 1.29 is 5.11 Å². The van der Waals surface area contributed by atoms with E-state index >= 15 is 0 Å². The molecule has 3 aliphatic rings. The third-order valence-corrected chi connectivity index (χ3v) is 5.64. The SMILES string of the molecule is N[C@H]1[C@H]2CC[C@H](C2)[C@@]12CCC[C@@H](CO)C2. The van der Waals surface area contributed by atoms with Crippen LogP contribution in [0.5, 0.6) is 0 Å². The molecule has 1 spiro atoms. The molecule has 0 saturated heterocycles. The van der Waals surface area contributed by atoms with Crippen LogP contribution in [0, 0.1) is 23.2 Å². The second-order valence-corrected chi connectivity index (χ2v) is 6.17. The minimum atomic E-state index is 0.381. The van der Waals surface area contributed by atoms with Crippen molar-refractivity contribution in [2.75, 3.05) is 6.61 Å². The van der Waals surface area contributed by atoms with Crippen LogP contribution >= 0.6 is 0 Å². The highest BCUT2D eigenvalue weighted by Crippen LogP contribution is 2.61. The average Bonchev–Trinajstić information content (AvgIpc) is 2.84. The smallest absolute Gasteiger partial charge is 0.0459 e. The topological polar surface area (TPSA) is 46.2 Å². The molecule has 2 nitrogen and oxygen atoms in total. The molecule has 3 aliphatic carbocycles. The van der Waals surface area contributed by atoms with Gasteiger partial charge in [-0.05, 0) is 61.7 Å². The van der Waals surface area contributed by atoms with E-state index in [0.717, 1.165) is 11.8 Å². The minimum Gasteiger partial charge on any atom is -0.396 e. The van der Waals surface area contributed by atoms with Crippen molar-refractivity contribution in [3.05, 3.63) is 0 Å². The highest BCUT2D eigenvalue weighted by molar-refractivity contribution is 5.09. The van der Waals surface area contributed by atoms with Gasteiger partial charge in [0.25, 0.3) is 0 Å². The lowest BCUT2D eigenvalue weighted by molar-refractivity contribution is 0.0292. The van der Waals surface area contributed by atoms with Crippen LogP contribution in [0.1, 0.15) is 44.9 Å². The summed E-state index contributed by atoms with van der Waals surface area (Å²) in [5.74, 6) is 2.25. The van der Waals surface area contributed by atoms with Crippen LogP contribution in [-0.2, 0) is 0 Å². The zero-order valence-corrected chi connectivity index (χ0v) is 9.49. The molecule has 3 fully saturated rings. The van der Waals surface area contributed by atoms with E-state index in [1.807, 2.05) is 0 Å². The van der Waals surface area contributed by atoms with Gasteiger partial charge < -0.3 is 10.8 Å². The van der Waals surface area contributed by atoms with Gasteiger partial charge in [-0.3, -0.25) is 0 Å². The minimum absolute atomic E-state index is 0.381. The van der Waals surface area contributed by atoms with Gasteiger partial charge in [0.2, 0.25) is 0 Å². The molecule has 5 atom stereocenters. The maximum absolute atomic E-state index is 9.35. The van der Waals surface area contributed by atoms with Crippen LogP contribution in [0.15, 0.2) is 0 Å². The fourth-order valence-corrected chi connectivity index (χ4v) is 4.90. The molecule has 3 saturated carbocycles. The predicted octanol–water partition coefficient (Wildman–Crippen LogP) is 1.91. The number of nitrogens with two attached hydrogens (primary N) is 1. The van der Waals surface area contributed by atoms with Crippen molar-refractivity contribution in [2.24, 2.45) is 28.9 Å². The molecule has 0 amide bonds. The van der Waals surface area contributed by atoms with Crippen molar-refractivity contribution in [3.8, 4) is 0 Å². The highest BCUT2D eigenvalue weighted by atomic mass is 16.3. The first-order valence-corrected chi connectivity index (χ1v) is 6.63. The van der Waals surface area contributed by atoms with E-state index in [9.17, 15) is 5.11 Å². The number of aliphatic hydroxyl groups is 1. The summed E-state index contributed by atoms with van der Waals surface area (Å²) in [6.07, 6.45) is 9.25. The van der Waals surface area contributed by atoms with Crippen LogP contribution in [0.4, 0.5) is 0 Å². The van der Waals surface area contributed by atoms with Gasteiger partial charge in [0.1, 0.15) is 0 Å². The summed E-state index contributed by atoms with van der Waals surface area (Å²) in [7, 11) is 0. The van der Waals surface area contributed by atoms with Gasteiger partial charge in [-0.25, -0.2) is 0 Å². The second-order valence-electron chi connectivity index (χ2n) is 6.17. The van der Waals surface area contributed by atoms with Crippen LogP contribution < -0.4 is 5.73 Å². The quantitative estimate of drug-likeness (QED) is 0.693. The van der Waals surface area contributed by atoms with E-state index in [1.165, 1.54) is 44.9 Å². The number of hydrogen-bond donors (Lipinski definition) is 2. The molecule has 2 bridgehead atoms. The fourth-order valence-electron chi connectivity index (χ4n) is 4.90. The van der Waals surface area contributed by atoms with Crippen LogP contribution in [0.25, 0.3) is 0 Å². The van der Waals surface area contributed by atoms with E-state index in [-0.39, 0.29) is 0 Å². The van der Waals surface area contributed by atoms with Crippen molar-refractivity contribution in [3.63, 3.8) is 0 Å². The summed E-state index contributed by atoms with van der Waals surface area (Å²) in [5, 5.41) is 9.35. The Balaban J connectivity index is 1.83. The van der Waals surface area contributed by atoms with Gasteiger partial charge in [0, 0.05) is 12.6 Å². The van der Waals surface area contributed by atoms with Crippen LogP contribution in [0.3, 0.4) is 0 Å². The normalized spacial score (nSPS) is 54.0. The third-order valence-electron chi connectivity index (χ3n) is 5.64. The van der Waals surface area contributed by atoms with E-state index in [4.69, 9.17) is 5.73 Å². The summed E-state index contributed by atoms with van der Waals surface area (Å²) in [6, 6.07) is 0.450. The molecule has 15 heavy (non-hydrogen) atoms. The number of aliphatic hydroxyl groups excluding tert-OH is 1. The van der Waals surface area contributed by atoms with E-state index in [1.54, 1.807) is 0 Å². The van der Waals surface area contributed by atoms with E-state index in [2.05, 4.69) is 0 Å². The Morgan fingerprint density at radius 1 is 1.27 bits per heavy atom. The molecule has 86 valence electrons. The molecule has 0 aliphatic heterocycles. The lowest BCUT2D eigenvalue weighted by atomic mass is 9.60. The van der Waals surface area contributed by atoms with E-state index < -0.39 is 0 Å². The maximum Gasteiger partial charge on any atom is 0.0459 e. The molecule has 3 rings (SSSR count). The summed E-state index contributed by atoms with van der Waals surface area (Å²) in [5.41, 5.74) is 6.90. The van der Waals surface area contributed by atoms with Crippen LogP contribution in [-0.4, -0.2) is 17.8 Å². The Kier molecular flexibility index (Phi) is 2.33. The predicted molar refractivity (Wildman–Crippen MR) is 60.3 cm³/mol. The fraction of sp³-hybridized carbons (Fsp3) is 1.00. The molecule has 2 heteroatoms. The molecule has 0 unspecified atom stereocenters. The van der Waals surface area contributed by atoms with Crippen molar-refractivity contribution >= 4 is 0 Å². The van der Waals surface area contributed by atoms with E-state index in [0.29, 0.717) is 24.0 Å². The van der Waals surface area contributed by atoms with Gasteiger partial charge >= 0.3 is 0 Å². The highest BCUT2D eigenvalue weighted by Gasteiger charge is 2.57. The first-order chi connectivity index (χ1) is 7.26. The van der Waals surface area contributed by atoms with Gasteiger partial charge in [-0.2, -0.15) is 0 Å². The summed E-state index contributed by atoms with van der Waals surface area (Å²) < 4.78 is 0. The Morgan fingerprint density at radius 2 is 2.13 bits per heavy atom. The molecule has 0 heterocycles. The van der Waals surface area contributed by atoms with Gasteiger partial charge in [0.05, 0.1) is 0 Å². The molecule has 0 aromatic heterocycles. The third kappa shape index (κ3) is 1.31. The van der Waals surface area contributed by atoms with Gasteiger partial charge in [-0.15, -0.1) is 0 Å². The van der Waals surface area contributed by atoms with Gasteiger partial charge in [-0.1, -0.05) is 6.42 Å². The average molecular weight is 209 g/mol. The lowest BCUT2D eigenvalue weighted by Gasteiger charge is -2.47. The van der Waals surface area contributed by atoms with Gasteiger partial charge in [0.15, 0.2) is 0 Å². The Hall–Kier alpha value is -0.0800. The monoisotopic (exact) mass is 209 g/mol. The number of fused-ring (bicyclic) bond motifs is 3. The molecular formula is C13H23NO. The maximum atomic E-state index is 9.35. The van der Waals surface area contributed by atoms with Crippen molar-refractivity contribution in [1.82, 2.24) is 0 Å².